The molecule has 1 aromatic rings. The molecule has 2 heterocycles. The molecule has 0 bridgehead atoms. The number of nitrogen functional groups attached to an aromatic ring is 1. The minimum atomic E-state index is -0.654. The zero-order chi connectivity index (χ0) is 14.0. The maximum Gasteiger partial charge on any atom is 0.300 e. The smallest absolute Gasteiger partial charge is 0.300 e. The zero-order valence-corrected chi connectivity index (χ0v) is 10.2. The number of hydrogen-bond acceptors (Lipinski definition) is 6. The van der Waals surface area contributed by atoms with Gasteiger partial charge in [0.1, 0.15) is 17.6 Å². The highest BCUT2D eigenvalue weighted by molar-refractivity contribution is 5.98. The Labute approximate surface area is 109 Å². The summed E-state index contributed by atoms with van der Waals surface area (Å²) in [5.74, 6) is -0.356. The lowest BCUT2D eigenvalue weighted by atomic mass is 10.1. The molecule has 1 atom stereocenters. The topological polar surface area (TPSA) is 123 Å². The minimum absolute atomic E-state index is 0.00432. The fourth-order valence-electron chi connectivity index (χ4n) is 2.12. The van der Waals surface area contributed by atoms with Crippen LogP contribution in [0.2, 0.25) is 0 Å². The van der Waals surface area contributed by atoms with Crippen LogP contribution in [0.4, 0.5) is 11.5 Å². The van der Waals surface area contributed by atoms with E-state index in [0.29, 0.717) is 19.5 Å². The molecule has 8 heteroatoms. The summed E-state index contributed by atoms with van der Waals surface area (Å²) in [5.41, 5.74) is 5.06. The number of carbonyl (C=O) groups excluding carboxylic acids is 1. The predicted octanol–water partition coefficient (Wildman–Crippen LogP) is 0.0264. The van der Waals surface area contributed by atoms with E-state index in [1.165, 1.54) is 11.0 Å². The van der Waals surface area contributed by atoms with Gasteiger partial charge in [0.25, 0.3) is 11.6 Å². The van der Waals surface area contributed by atoms with Crippen molar-refractivity contribution in [1.82, 2.24) is 9.88 Å². The third kappa shape index (κ3) is 2.63. The van der Waals surface area contributed by atoms with Crippen LogP contribution in [0.3, 0.4) is 0 Å². The first-order valence-corrected chi connectivity index (χ1v) is 5.83. The Bertz CT molecular complexity index is 519. The second kappa shape index (κ2) is 5.19. The van der Waals surface area contributed by atoms with E-state index in [-0.39, 0.29) is 29.6 Å². The number of anilines is 1. The molecule has 1 saturated heterocycles. The number of aromatic nitrogens is 1. The number of amides is 1. The van der Waals surface area contributed by atoms with Gasteiger partial charge in [-0.3, -0.25) is 14.9 Å². The number of nitrogens with two attached hydrogens (primary N) is 1. The van der Waals surface area contributed by atoms with Crippen molar-refractivity contribution < 1.29 is 14.8 Å². The third-order valence-corrected chi connectivity index (χ3v) is 3.16. The Hall–Kier alpha value is -2.22. The van der Waals surface area contributed by atoms with Crippen molar-refractivity contribution in [2.45, 2.75) is 6.42 Å². The zero-order valence-electron chi connectivity index (χ0n) is 10.2. The van der Waals surface area contributed by atoms with Crippen LogP contribution in [0, 0.1) is 16.0 Å². The highest BCUT2D eigenvalue weighted by atomic mass is 16.6. The van der Waals surface area contributed by atoms with Gasteiger partial charge in [-0.1, -0.05) is 0 Å². The van der Waals surface area contributed by atoms with Crippen LogP contribution < -0.4 is 5.73 Å². The molecule has 1 aliphatic heterocycles. The van der Waals surface area contributed by atoms with Crippen LogP contribution in [-0.4, -0.2) is 45.5 Å². The van der Waals surface area contributed by atoms with Crippen molar-refractivity contribution >= 4 is 17.4 Å². The SMILES string of the molecule is Nc1cc(C(=O)N2CCC(CO)C2)c([N+](=O)[O-])cn1. The summed E-state index contributed by atoms with van der Waals surface area (Å²) in [6, 6.07) is 1.22. The molecule has 2 rings (SSSR count). The number of nitrogens with zero attached hydrogens (tertiary/aromatic N) is 3. The van der Waals surface area contributed by atoms with E-state index in [1.807, 2.05) is 0 Å². The van der Waals surface area contributed by atoms with Gasteiger partial charge in [-0.15, -0.1) is 0 Å². The monoisotopic (exact) mass is 266 g/mol. The quantitative estimate of drug-likeness (QED) is 0.587. The molecule has 3 N–H and O–H groups in total. The summed E-state index contributed by atoms with van der Waals surface area (Å²) in [4.78, 5) is 27.6. The van der Waals surface area contributed by atoms with E-state index in [4.69, 9.17) is 10.8 Å². The molecule has 0 radical (unpaired) electrons. The maximum absolute atomic E-state index is 12.2. The molecule has 1 fully saturated rings. The molecular weight excluding hydrogens is 252 g/mol. The fourth-order valence-corrected chi connectivity index (χ4v) is 2.12. The van der Waals surface area contributed by atoms with Crippen molar-refractivity contribution in [2.75, 3.05) is 25.4 Å². The summed E-state index contributed by atoms with van der Waals surface area (Å²) in [6.07, 6.45) is 1.68. The lowest BCUT2D eigenvalue weighted by Crippen LogP contribution is -2.29. The van der Waals surface area contributed by atoms with E-state index in [0.717, 1.165) is 6.20 Å². The van der Waals surface area contributed by atoms with E-state index < -0.39 is 10.8 Å². The van der Waals surface area contributed by atoms with Crippen LogP contribution in [0.1, 0.15) is 16.8 Å². The van der Waals surface area contributed by atoms with Gasteiger partial charge in [0, 0.05) is 25.6 Å². The molecule has 0 saturated carbocycles. The number of hydrogen-bond donors (Lipinski definition) is 2. The van der Waals surface area contributed by atoms with Crippen molar-refractivity contribution in [3.63, 3.8) is 0 Å². The van der Waals surface area contributed by atoms with Gasteiger partial charge in [0.05, 0.1) is 4.92 Å². The fraction of sp³-hybridized carbons (Fsp3) is 0.455. The molecular formula is C11H14N4O4. The lowest BCUT2D eigenvalue weighted by molar-refractivity contribution is -0.385. The van der Waals surface area contributed by atoms with E-state index >= 15 is 0 Å². The van der Waals surface area contributed by atoms with Crippen LogP contribution in [0.5, 0.6) is 0 Å². The molecule has 1 aromatic heterocycles. The normalized spacial score (nSPS) is 18.6. The standard InChI is InChI=1S/C11H14N4O4/c12-10-3-8(9(4-13-10)15(18)19)11(17)14-2-1-7(5-14)6-16/h3-4,7,16H,1-2,5-6H2,(H2,12,13). The van der Waals surface area contributed by atoms with Crippen LogP contribution in [0.25, 0.3) is 0 Å². The molecule has 1 unspecified atom stereocenters. The Morgan fingerprint density at radius 1 is 1.68 bits per heavy atom. The number of carbonyl (C=O) groups is 1. The molecule has 19 heavy (non-hydrogen) atoms. The molecule has 1 amide bonds. The number of likely N-dealkylation sites (tertiary alicyclic amines) is 1. The van der Waals surface area contributed by atoms with Crippen LogP contribution in [-0.2, 0) is 0 Å². The van der Waals surface area contributed by atoms with E-state index in [2.05, 4.69) is 4.98 Å². The highest BCUT2D eigenvalue weighted by Gasteiger charge is 2.30. The Morgan fingerprint density at radius 3 is 3.00 bits per heavy atom. The third-order valence-electron chi connectivity index (χ3n) is 3.16. The average molecular weight is 266 g/mol. The summed E-state index contributed by atoms with van der Waals surface area (Å²) in [6.45, 7) is 0.877. The summed E-state index contributed by atoms with van der Waals surface area (Å²) < 4.78 is 0. The first-order chi connectivity index (χ1) is 9.02. The number of rotatable bonds is 3. The predicted molar refractivity (Wildman–Crippen MR) is 66.4 cm³/mol. The van der Waals surface area contributed by atoms with Gasteiger partial charge in [0.2, 0.25) is 0 Å². The molecule has 0 aromatic carbocycles. The molecule has 102 valence electrons. The molecule has 0 aliphatic carbocycles. The van der Waals surface area contributed by atoms with Gasteiger partial charge in [0.15, 0.2) is 0 Å². The Kier molecular flexibility index (Phi) is 3.61. The minimum Gasteiger partial charge on any atom is -0.396 e. The first-order valence-electron chi connectivity index (χ1n) is 5.83. The van der Waals surface area contributed by atoms with Crippen molar-refractivity contribution in [1.29, 1.82) is 0 Å². The second-order valence-electron chi connectivity index (χ2n) is 4.47. The van der Waals surface area contributed by atoms with Crippen LogP contribution >= 0.6 is 0 Å². The van der Waals surface area contributed by atoms with Gasteiger partial charge >= 0.3 is 0 Å². The van der Waals surface area contributed by atoms with Crippen molar-refractivity contribution in [3.8, 4) is 0 Å². The Morgan fingerprint density at radius 2 is 2.42 bits per heavy atom. The first kappa shape index (κ1) is 13.2. The molecule has 0 spiro atoms. The number of pyridine rings is 1. The number of nitro groups is 1. The second-order valence-corrected chi connectivity index (χ2v) is 4.47. The van der Waals surface area contributed by atoms with Gasteiger partial charge < -0.3 is 15.7 Å². The summed E-state index contributed by atoms with van der Waals surface area (Å²) >= 11 is 0. The number of aliphatic hydroxyl groups is 1. The Balaban J connectivity index is 2.28. The maximum atomic E-state index is 12.2. The van der Waals surface area contributed by atoms with Crippen LogP contribution in [0.15, 0.2) is 12.3 Å². The van der Waals surface area contributed by atoms with Gasteiger partial charge in [-0.05, 0) is 12.5 Å². The summed E-state index contributed by atoms with van der Waals surface area (Å²) in [5, 5.41) is 19.9. The average Bonchev–Trinajstić information content (AvgIpc) is 2.86. The lowest BCUT2D eigenvalue weighted by Gasteiger charge is -2.16. The van der Waals surface area contributed by atoms with E-state index in [1.54, 1.807) is 0 Å². The van der Waals surface area contributed by atoms with Gasteiger partial charge in [-0.25, -0.2) is 4.98 Å². The largest absolute Gasteiger partial charge is 0.396 e. The van der Waals surface area contributed by atoms with E-state index in [9.17, 15) is 14.9 Å². The number of aliphatic hydroxyl groups excluding tert-OH is 1. The van der Waals surface area contributed by atoms with Gasteiger partial charge in [-0.2, -0.15) is 0 Å². The molecule has 8 nitrogen and oxygen atoms in total. The summed E-state index contributed by atoms with van der Waals surface area (Å²) in [7, 11) is 0. The molecule has 1 aliphatic rings. The van der Waals surface area contributed by atoms with Crippen molar-refractivity contribution in [3.05, 3.63) is 27.9 Å². The highest BCUT2D eigenvalue weighted by Crippen LogP contribution is 2.24. The van der Waals surface area contributed by atoms with Crippen molar-refractivity contribution in [2.24, 2.45) is 5.92 Å².